The van der Waals surface area contributed by atoms with Crippen molar-refractivity contribution < 1.29 is 23.0 Å². The molecule has 0 spiro atoms. The van der Waals surface area contributed by atoms with Crippen molar-refractivity contribution in [1.29, 1.82) is 0 Å². The first-order chi connectivity index (χ1) is 6.70. The Morgan fingerprint density at radius 1 is 1.57 bits per heavy atom. The Morgan fingerprint density at radius 2 is 2.36 bits per heavy atom. The number of carbonyl (C=O) groups excluding carboxylic acids is 1. The number of ketones is 1. The largest absolute Gasteiger partial charge is 0.381 e. The Labute approximate surface area is 81.4 Å². The fourth-order valence-corrected chi connectivity index (χ4v) is 1.34. The number of rotatable bonds is 6. The average molecular weight is 208 g/mol. The van der Waals surface area contributed by atoms with Gasteiger partial charge in [0.25, 0.3) is 6.43 Å². The number of ether oxygens (including phenoxy) is 2. The Bertz CT molecular complexity index is 179. The minimum absolute atomic E-state index is 0.0508. The molecule has 1 aliphatic rings. The summed E-state index contributed by atoms with van der Waals surface area (Å²) in [6.45, 7) is 0.579. The van der Waals surface area contributed by atoms with Gasteiger partial charge in [-0.25, -0.2) is 8.78 Å². The van der Waals surface area contributed by atoms with E-state index in [-0.39, 0.29) is 24.7 Å². The van der Waals surface area contributed by atoms with Crippen molar-refractivity contribution in [2.24, 2.45) is 5.92 Å². The first-order valence-electron chi connectivity index (χ1n) is 4.66. The number of carbonyl (C=O) groups is 1. The number of hydrogen-bond donors (Lipinski definition) is 0. The molecule has 0 saturated carbocycles. The highest BCUT2D eigenvalue weighted by Crippen LogP contribution is 2.14. The molecule has 5 heteroatoms. The topological polar surface area (TPSA) is 35.5 Å². The van der Waals surface area contributed by atoms with E-state index in [0.717, 1.165) is 6.42 Å². The van der Waals surface area contributed by atoms with Crippen LogP contribution in [-0.4, -0.2) is 38.6 Å². The maximum Gasteiger partial charge on any atom is 0.261 e. The van der Waals surface area contributed by atoms with Crippen molar-refractivity contribution in [2.75, 3.05) is 26.4 Å². The van der Waals surface area contributed by atoms with Crippen LogP contribution in [0.5, 0.6) is 0 Å². The molecule has 0 aromatic carbocycles. The minimum atomic E-state index is -2.46. The molecule has 1 heterocycles. The fraction of sp³-hybridized carbons (Fsp3) is 0.889. The van der Waals surface area contributed by atoms with Crippen molar-refractivity contribution in [1.82, 2.24) is 0 Å². The van der Waals surface area contributed by atoms with Crippen LogP contribution in [0.4, 0.5) is 8.78 Å². The van der Waals surface area contributed by atoms with Gasteiger partial charge in [0.15, 0.2) is 0 Å². The lowest BCUT2D eigenvalue weighted by Gasteiger charge is -2.06. The number of hydrogen-bond acceptors (Lipinski definition) is 3. The molecule has 3 nitrogen and oxygen atoms in total. The lowest BCUT2D eigenvalue weighted by Crippen LogP contribution is -2.17. The van der Waals surface area contributed by atoms with Crippen molar-refractivity contribution in [2.45, 2.75) is 19.3 Å². The molecule has 1 rings (SSSR count). The molecule has 0 bridgehead atoms. The summed E-state index contributed by atoms with van der Waals surface area (Å²) in [6.07, 6.45) is -1.51. The third-order valence-corrected chi connectivity index (χ3v) is 2.12. The zero-order valence-electron chi connectivity index (χ0n) is 7.88. The van der Waals surface area contributed by atoms with Gasteiger partial charge in [-0.2, -0.15) is 0 Å². The van der Waals surface area contributed by atoms with Gasteiger partial charge in [-0.1, -0.05) is 0 Å². The van der Waals surface area contributed by atoms with Crippen LogP contribution in [0.25, 0.3) is 0 Å². The number of halogens is 2. The van der Waals surface area contributed by atoms with Crippen LogP contribution in [0.1, 0.15) is 12.8 Å². The van der Waals surface area contributed by atoms with Gasteiger partial charge in [0.05, 0.1) is 13.2 Å². The maximum absolute atomic E-state index is 11.6. The zero-order valence-corrected chi connectivity index (χ0v) is 7.88. The Morgan fingerprint density at radius 3 is 2.93 bits per heavy atom. The summed E-state index contributed by atoms with van der Waals surface area (Å²) >= 11 is 0. The Balaban J connectivity index is 2.03. The zero-order chi connectivity index (χ0) is 10.4. The van der Waals surface area contributed by atoms with Gasteiger partial charge < -0.3 is 9.47 Å². The van der Waals surface area contributed by atoms with E-state index in [4.69, 9.17) is 4.74 Å². The van der Waals surface area contributed by atoms with Gasteiger partial charge in [-0.15, -0.1) is 0 Å². The van der Waals surface area contributed by atoms with Crippen LogP contribution in [0, 0.1) is 5.92 Å². The third-order valence-electron chi connectivity index (χ3n) is 2.12. The maximum atomic E-state index is 11.6. The summed E-state index contributed by atoms with van der Waals surface area (Å²) in [6, 6.07) is 0. The lowest BCUT2D eigenvalue weighted by molar-refractivity contribution is -0.124. The summed E-state index contributed by atoms with van der Waals surface area (Å²) in [7, 11) is 0. The van der Waals surface area contributed by atoms with E-state index in [2.05, 4.69) is 4.74 Å². The predicted octanol–water partition coefficient (Wildman–Crippen LogP) is 1.26. The van der Waals surface area contributed by atoms with Gasteiger partial charge in [0.1, 0.15) is 12.4 Å². The summed E-state index contributed by atoms with van der Waals surface area (Å²) in [4.78, 5) is 11.3. The van der Waals surface area contributed by atoms with Crippen LogP contribution in [0.2, 0.25) is 0 Å². The quantitative estimate of drug-likeness (QED) is 0.616. The highest BCUT2D eigenvalue weighted by Gasteiger charge is 2.22. The Hall–Kier alpha value is -0.550. The average Bonchev–Trinajstić information content (AvgIpc) is 2.64. The van der Waals surface area contributed by atoms with Crippen LogP contribution in [0.3, 0.4) is 0 Å². The van der Waals surface area contributed by atoms with E-state index >= 15 is 0 Å². The second kappa shape index (κ2) is 6.03. The summed E-state index contributed by atoms with van der Waals surface area (Å²) < 4.78 is 32.9. The van der Waals surface area contributed by atoms with E-state index in [1.165, 1.54) is 0 Å². The molecule has 0 aromatic heterocycles. The van der Waals surface area contributed by atoms with E-state index in [1.807, 2.05) is 0 Å². The molecule has 1 fully saturated rings. The highest BCUT2D eigenvalue weighted by molar-refractivity contribution is 5.81. The fourth-order valence-electron chi connectivity index (χ4n) is 1.34. The van der Waals surface area contributed by atoms with Crippen molar-refractivity contribution in [3.63, 3.8) is 0 Å². The molecule has 1 unspecified atom stereocenters. The first-order valence-corrected chi connectivity index (χ1v) is 4.66. The highest BCUT2D eigenvalue weighted by atomic mass is 19.3. The summed E-state index contributed by atoms with van der Waals surface area (Å²) in [5.41, 5.74) is 0. The van der Waals surface area contributed by atoms with Crippen LogP contribution < -0.4 is 0 Å². The van der Waals surface area contributed by atoms with E-state index < -0.39 is 13.0 Å². The molecule has 0 aromatic rings. The SMILES string of the molecule is O=C(CCOCC(F)F)C1CCOC1. The lowest BCUT2D eigenvalue weighted by atomic mass is 10.0. The first kappa shape index (κ1) is 11.5. The number of alkyl halides is 2. The van der Waals surface area contributed by atoms with Gasteiger partial charge in [0.2, 0.25) is 0 Å². The van der Waals surface area contributed by atoms with Crippen molar-refractivity contribution in [3.05, 3.63) is 0 Å². The number of Topliss-reactive ketones (excluding diaryl/α,β-unsaturated/α-hetero) is 1. The smallest absolute Gasteiger partial charge is 0.261 e. The molecular weight excluding hydrogens is 194 g/mol. The molecule has 0 radical (unpaired) electrons. The van der Waals surface area contributed by atoms with Gasteiger partial charge in [0, 0.05) is 18.9 Å². The molecule has 0 aliphatic carbocycles. The summed E-state index contributed by atoms with van der Waals surface area (Å²) in [5, 5.41) is 0. The molecule has 0 amide bonds. The molecule has 14 heavy (non-hydrogen) atoms. The van der Waals surface area contributed by atoms with Crippen LogP contribution >= 0.6 is 0 Å². The molecule has 1 saturated heterocycles. The van der Waals surface area contributed by atoms with Crippen LogP contribution in [-0.2, 0) is 14.3 Å². The standard InChI is InChI=1S/C9H14F2O3/c10-9(11)6-14-4-2-8(12)7-1-3-13-5-7/h7,9H,1-6H2. The molecule has 1 aliphatic heterocycles. The molecule has 0 N–H and O–H groups in total. The van der Waals surface area contributed by atoms with Crippen molar-refractivity contribution >= 4 is 5.78 Å². The van der Waals surface area contributed by atoms with E-state index in [9.17, 15) is 13.6 Å². The Kier molecular flexibility index (Phi) is 4.97. The third kappa shape index (κ3) is 4.11. The van der Waals surface area contributed by atoms with Crippen LogP contribution in [0.15, 0.2) is 0 Å². The van der Waals surface area contributed by atoms with Crippen molar-refractivity contribution in [3.8, 4) is 0 Å². The van der Waals surface area contributed by atoms with E-state index in [0.29, 0.717) is 13.2 Å². The second-order valence-corrected chi connectivity index (χ2v) is 3.24. The predicted molar refractivity (Wildman–Crippen MR) is 45.4 cm³/mol. The van der Waals surface area contributed by atoms with E-state index in [1.54, 1.807) is 0 Å². The molecular formula is C9H14F2O3. The van der Waals surface area contributed by atoms with Gasteiger partial charge in [-0.05, 0) is 6.42 Å². The summed E-state index contributed by atoms with van der Waals surface area (Å²) in [5.74, 6) is 0.00177. The molecule has 1 atom stereocenters. The second-order valence-electron chi connectivity index (χ2n) is 3.24. The van der Waals surface area contributed by atoms with Gasteiger partial charge >= 0.3 is 0 Å². The van der Waals surface area contributed by atoms with Gasteiger partial charge in [-0.3, -0.25) is 4.79 Å². The minimum Gasteiger partial charge on any atom is -0.381 e. The monoisotopic (exact) mass is 208 g/mol. The molecule has 82 valence electrons. The normalized spacial score (nSPS) is 21.8.